The highest BCUT2D eigenvalue weighted by molar-refractivity contribution is 6.30. The fourth-order valence-corrected chi connectivity index (χ4v) is 1.34. The third-order valence-electron chi connectivity index (χ3n) is 2.07. The lowest BCUT2D eigenvalue weighted by Gasteiger charge is -2.07. The van der Waals surface area contributed by atoms with Crippen LogP contribution in [0.15, 0.2) is 17.2 Å². The minimum Gasteiger partial charge on any atom is -0.369 e. The molecule has 2 heterocycles. The maximum atomic E-state index is 5.86. The van der Waals surface area contributed by atoms with Crippen LogP contribution in [0.5, 0.6) is 0 Å². The summed E-state index contributed by atoms with van der Waals surface area (Å²) in [6.07, 6.45) is 3.39. The van der Waals surface area contributed by atoms with Crippen molar-refractivity contribution < 1.29 is 4.52 Å². The summed E-state index contributed by atoms with van der Waals surface area (Å²) in [5.41, 5.74) is 0.831. The molecule has 1 N–H and O–H groups in total. The standard InChI is InChI=1S/C9H10ClN5O/c1-6-8(10)12-4-13-9(6)11-3-2-7-14-5-16-15-7/h4-5H,2-3H2,1H3,(H,11,12,13). The van der Waals surface area contributed by atoms with Crippen molar-refractivity contribution in [2.45, 2.75) is 13.3 Å². The van der Waals surface area contributed by atoms with Crippen LogP contribution in [-0.2, 0) is 6.42 Å². The Morgan fingerprint density at radius 3 is 3.00 bits per heavy atom. The molecule has 2 aromatic heterocycles. The van der Waals surface area contributed by atoms with E-state index >= 15 is 0 Å². The predicted octanol–water partition coefficient (Wildman–Crippen LogP) is 1.48. The van der Waals surface area contributed by atoms with Crippen LogP contribution >= 0.6 is 11.6 Å². The summed E-state index contributed by atoms with van der Waals surface area (Å²) in [7, 11) is 0. The molecule has 0 atom stereocenters. The molecule has 0 radical (unpaired) electrons. The lowest BCUT2D eigenvalue weighted by atomic mass is 10.3. The van der Waals surface area contributed by atoms with E-state index in [2.05, 4.69) is 29.9 Å². The van der Waals surface area contributed by atoms with Crippen LogP contribution in [0.4, 0.5) is 5.82 Å². The fraction of sp³-hybridized carbons (Fsp3) is 0.333. The molecule has 0 aliphatic heterocycles. The van der Waals surface area contributed by atoms with Gasteiger partial charge in [-0.05, 0) is 6.92 Å². The van der Waals surface area contributed by atoms with Crippen LogP contribution in [0.25, 0.3) is 0 Å². The number of anilines is 1. The Kier molecular flexibility index (Phi) is 3.31. The van der Waals surface area contributed by atoms with Gasteiger partial charge in [0.2, 0.25) is 6.39 Å². The van der Waals surface area contributed by atoms with Crippen molar-refractivity contribution in [1.82, 2.24) is 20.1 Å². The highest BCUT2D eigenvalue weighted by Gasteiger charge is 2.04. The second-order valence-electron chi connectivity index (χ2n) is 3.16. The summed E-state index contributed by atoms with van der Waals surface area (Å²) in [6.45, 7) is 2.52. The van der Waals surface area contributed by atoms with Crippen LogP contribution in [0.2, 0.25) is 5.15 Å². The van der Waals surface area contributed by atoms with E-state index < -0.39 is 0 Å². The zero-order valence-corrected chi connectivity index (χ0v) is 9.40. The van der Waals surface area contributed by atoms with Crippen molar-refractivity contribution in [3.63, 3.8) is 0 Å². The average molecular weight is 240 g/mol. The van der Waals surface area contributed by atoms with E-state index in [1.807, 2.05) is 6.92 Å². The zero-order chi connectivity index (χ0) is 11.4. The van der Waals surface area contributed by atoms with Crippen molar-refractivity contribution in [1.29, 1.82) is 0 Å². The van der Waals surface area contributed by atoms with E-state index in [4.69, 9.17) is 11.6 Å². The normalized spacial score (nSPS) is 10.4. The molecule has 6 nitrogen and oxygen atoms in total. The van der Waals surface area contributed by atoms with E-state index in [9.17, 15) is 0 Å². The summed E-state index contributed by atoms with van der Waals surface area (Å²) in [6, 6.07) is 0. The quantitative estimate of drug-likeness (QED) is 0.815. The Morgan fingerprint density at radius 2 is 2.25 bits per heavy atom. The molecule has 0 fully saturated rings. The molecule has 0 spiro atoms. The highest BCUT2D eigenvalue weighted by Crippen LogP contribution is 2.17. The first kappa shape index (κ1) is 10.8. The topological polar surface area (TPSA) is 76.7 Å². The van der Waals surface area contributed by atoms with E-state index in [1.54, 1.807) is 0 Å². The molecule has 84 valence electrons. The largest absolute Gasteiger partial charge is 0.369 e. The first-order valence-corrected chi connectivity index (χ1v) is 5.11. The van der Waals surface area contributed by atoms with Gasteiger partial charge in [-0.15, -0.1) is 0 Å². The van der Waals surface area contributed by atoms with Gasteiger partial charge >= 0.3 is 0 Å². The minimum absolute atomic E-state index is 0.456. The van der Waals surface area contributed by atoms with Crippen molar-refractivity contribution in [3.05, 3.63) is 29.3 Å². The van der Waals surface area contributed by atoms with Crippen LogP contribution < -0.4 is 5.32 Å². The van der Waals surface area contributed by atoms with Gasteiger partial charge in [-0.1, -0.05) is 16.8 Å². The average Bonchev–Trinajstić information content (AvgIpc) is 2.77. The third kappa shape index (κ3) is 2.46. The van der Waals surface area contributed by atoms with E-state index in [0.717, 1.165) is 11.4 Å². The molecular formula is C9H10ClN5O. The van der Waals surface area contributed by atoms with E-state index in [-0.39, 0.29) is 0 Å². The van der Waals surface area contributed by atoms with Crippen LogP contribution in [0.1, 0.15) is 11.4 Å². The van der Waals surface area contributed by atoms with Gasteiger partial charge < -0.3 is 9.84 Å². The smallest absolute Gasteiger partial charge is 0.213 e. The highest BCUT2D eigenvalue weighted by atomic mass is 35.5. The molecule has 0 aliphatic rings. The number of hydrogen-bond acceptors (Lipinski definition) is 6. The molecule has 7 heteroatoms. The number of rotatable bonds is 4. The van der Waals surface area contributed by atoms with Gasteiger partial charge in [-0.25, -0.2) is 9.97 Å². The van der Waals surface area contributed by atoms with Gasteiger partial charge in [0.25, 0.3) is 0 Å². The van der Waals surface area contributed by atoms with Crippen molar-refractivity contribution >= 4 is 17.4 Å². The summed E-state index contributed by atoms with van der Waals surface area (Å²) in [5, 5.41) is 7.29. The molecule has 16 heavy (non-hydrogen) atoms. The molecule has 2 aromatic rings. The molecule has 0 saturated carbocycles. The van der Waals surface area contributed by atoms with Gasteiger partial charge in [0.1, 0.15) is 17.3 Å². The Labute approximate surface area is 97.1 Å². The van der Waals surface area contributed by atoms with Gasteiger partial charge in [0.05, 0.1) is 0 Å². The lowest BCUT2D eigenvalue weighted by molar-refractivity contribution is 0.410. The second kappa shape index (κ2) is 4.89. The molecule has 0 aliphatic carbocycles. The molecule has 0 amide bonds. The summed E-state index contributed by atoms with van der Waals surface area (Å²) < 4.78 is 4.62. The van der Waals surface area contributed by atoms with Crippen molar-refractivity contribution in [2.24, 2.45) is 0 Å². The number of hydrogen-bond donors (Lipinski definition) is 1. The van der Waals surface area contributed by atoms with E-state index in [1.165, 1.54) is 12.7 Å². The van der Waals surface area contributed by atoms with Crippen LogP contribution in [-0.4, -0.2) is 26.7 Å². The van der Waals surface area contributed by atoms with Crippen LogP contribution in [0.3, 0.4) is 0 Å². The maximum absolute atomic E-state index is 5.86. The molecule has 0 saturated heterocycles. The summed E-state index contributed by atoms with van der Waals surface area (Å²) in [5.74, 6) is 1.38. The second-order valence-corrected chi connectivity index (χ2v) is 3.52. The molecule has 2 rings (SSSR count). The third-order valence-corrected chi connectivity index (χ3v) is 2.45. The van der Waals surface area contributed by atoms with Gasteiger partial charge in [-0.2, -0.15) is 4.98 Å². The van der Waals surface area contributed by atoms with Crippen molar-refractivity contribution in [2.75, 3.05) is 11.9 Å². The Morgan fingerprint density at radius 1 is 1.38 bits per heavy atom. The number of nitrogens with one attached hydrogen (secondary N) is 1. The molecular weight excluding hydrogens is 230 g/mol. The van der Waals surface area contributed by atoms with E-state index in [0.29, 0.717) is 23.9 Å². The monoisotopic (exact) mass is 239 g/mol. The summed E-state index contributed by atoms with van der Waals surface area (Å²) in [4.78, 5) is 11.9. The SMILES string of the molecule is Cc1c(Cl)ncnc1NCCc1ncon1. The molecule has 0 unspecified atom stereocenters. The number of halogens is 1. The molecule has 0 aromatic carbocycles. The van der Waals surface area contributed by atoms with Crippen molar-refractivity contribution in [3.8, 4) is 0 Å². The Hall–Kier alpha value is -1.69. The predicted molar refractivity (Wildman–Crippen MR) is 58.3 cm³/mol. The van der Waals surface area contributed by atoms with Gasteiger partial charge in [0.15, 0.2) is 5.82 Å². The Balaban J connectivity index is 1.92. The molecule has 0 bridgehead atoms. The Bertz CT molecular complexity index is 459. The maximum Gasteiger partial charge on any atom is 0.213 e. The fourth-order valence-electron chi connectivity index (χ4n) is 1.20. The van der Waals surface area contributed by atoms with Gasteiger partial charge in [-0.3, -0.25) is 0 Å². The van der Waals surface area contributed by atoms with Crippen LogP contribution in [0, 0.1) is 6.92 Å². The zero-order valence-electron chi connectivity index (χ0n) is 8.64. The van der Waals surface area contributed by atoms with Gasteiger partial charge in [0, 0.05) is 18.5 Å². The number of nitrogens with zero attached hydrogens (tertiary/aromatic N) is 4. The summed E-state index contributed by atoms with van der Waals surface area (Å²) >= 11 is 5.86. The first-order valence-electron chi connectivity index (χ1n) is 4.73. The first-order chi connectivity index (χ1) is 7.77. The lowest BCUT2D eigenvalue weighted by Crippen LogP contribution is -2.09. The number of aromatic nitrogens is 4. The minimum atomic E-state index is 0.456.